The van der Waals surface area contributed by atoms with Gasteiger partial charge in [-0.2, -0.15) is 13.2 Å². The maximum absolute atomic E-state index is 13.5. The second kappa shape index (κ2) is 10.5. The zero-order chi connectivity index (χ0) is 27.6. The highest BCUT2D eigenvalue weighted by Crippen LogP contribution is 2.41. The lowest BCUT2D eigenvalue weighted by Gasteiger charge is -2.36. The first-order valence-electron chi connectivity index (χ1n) is 12.2. The number of nitrogens with one attached hydrogen (secondary N) is 3. The average molecular weight is 538 g/mol. The van der Waals surface area contributed by atoms with Crippen molar-refractivity contribution in [2.75, 3.05) is 34.8 Å². The van der Waals surface area contributed by atoms with Crippen molar-refractivity contribution in [1.29, 1.82) is 5.53 Å². The number of urea groups is 1. The van der Waals surface area contributed by atoms with Gasteiger partial charge in [0.05, 0.1) is 23.0 Å². The van der Waals surface area contributed by atoms with Crippen molar-refractivity contribution in [2.45, 2.75) is 25.2 Å². The van der Waals surface area contributed by atoms with Gasteiger partial charge in [0.25, 0.3) is 0 Å². The third-order valence-electron chi connectivity index (χ3n) is 6.64. The van der Waals surface area contributed by atoms with Gasteiger partial charge in [0.1, 0.15) is 10.6 Å². The fourth-order valence-electron chi connectivity index (χ4n) is 4.73. The van der Waals surface area contributed by atoms with Gasteiger partial charge in [0.15, 0.2) is 5.82 Å². The molecule has 39 heavy (non-hydrogen) atoms. The van der Waals surface area contributed by atoms with Crippen LogP contribution in [0.25, 0.3) is 11.3 Å². The lowest BCUT2D eigenvalue weighted by molar-refractivity contribution is -0.137. The largest absolute Gasteiger partial charge is 0.416 e. The van der Waals surface area contributed by atoms with Crippen molar-refractivity contribution in [3.05, 3.63) is 71.8 Å². The number of rotatable bonds is 6. The Labute approximate surface area is 221 Å². The van der Waals surface area contributed by atoms with Gasteiger partial charge in [0, 0.05) is 30.9 Å². The third kappa shape index (κ3) is 5.58. The minimum atomic E-state index is -4.48. The number of amides is 3. The number of halogens is 3. The van der Waals surface area contributed by atoms with E-state index in [1.807, 2.05) is 0 Å². The van der Waals surface area contributed by atoms with Crippen molar-refractivity contribution in [3.8, 4) is 11.3 Å². The van der Waals surface area contributed by atoms with Crippen LogP contribution in [0, 0.1) is 5.53 Å². The molecule has 10 nitrogen and oxygen atoms in total. The summed E-state index contributed by atoms with van der Waals surface area (Å²) >= 11 is 0. The van der Waals surface area contributed by atoms with Gasteiger partial charge in [-0.1, -0.05) is 24.3 Å². The Kier molecular flexibility index (Phi) is 6.99. The second-order valence-electron chi connectivity index (χ2n) is 9.18. The van der Waals surface area contributed by atoms with Crippen LogP contribution in [0.1, 0.15) is 17.5 Å². The van der Waals surface area contributed by atoms with E-state index >= 15 is 0 Å². The van der Waals surface area contributed by atoms with Crippen molar-refractivity contribution in [3.63, 3.8) is 0 Å². The molecule has 1 aromatic heterocycles. The molecule has 2 aliphatic heterocycles. The number of benzene rings is 2. The zero-order valence-corrected chi connectivity index (χ0v) is 20.6. The van der Waals surface area contributed by atoms with Gasteiger partial charge in [-0.05, 0) is 48.4 Å². The molecule has 3 heterocycles. The summed E-state index contributed by atoms with van der Waals surface area (Å²) in [6.45, 7) is 1.41. The molecule has 2 bridgehead atoms. The van der Waals surface area contributed by atoms with Crippen LogP contribution in [0.5, 0.6) is 0 Å². The Balaban J connectivity index is 1.35. The number of hydrogen-bond acceptors (Lipinski definition) is 6. The number of alkyl halides is 3. The molecule has 3 amide bonds. The average Bonchev–Trinajstić information content (AvgIpc) is 3.35. The number of anilines is 3. The molecule has 0 aliphatic carbocycles. The third-order valence-corrected chi connectivity index (χ3v) is 6.64. The standard InChI is InChI=1S/C26H23F3N8O2/c27-26(28,29)18-3-1-2-17(12-18)21-8-9-22-24(34-21)37(20-10-11-36(22)15-20)25(39)33-19-6-4-16(5-7-19)13-31-23(38)14-32-35-30/h1-9,12,20,30H,10-11,13-15H2,(H-,31,33,38,39)/p+1/t20-/m0/s1. The first-order valence-corrected chi connectivity index (χ1v) is 12.2. The Bertz CT molecular complexity index is 1450. The molecule has 2 aliphatic rings. The maximum Gasteiger partial charge on any atom is 0.416 e. The van der Waals surface area contributed by atoms with E-state index in [0.717, 1.165) is 36.3 Å². The highest BCUT2D eigenvalue weighted by Gasteiger charge is 2.40. The topological polar surface area (TPSA) is 128 Å². The lowest BCUT2D eigenvalue weighted by atomic mass is 10.1. The van der Waals surface area contributed by atoms with Crippen molar-refractivity contribution in [1.82, 2.24) is 15.2 Å². The molecule has 200 valence electrons. The van der Waals surface area contributed by atoms with E-state index in [1.165, 1.54) is 6.07 Å². The number of aromatic nitrogens is 1. The van der Waals surface area contributed by atoms with Crippen molar-refractivity contribution >= 4 is 29.1 Å². The van der Waals surface area contributed by atoms with Crippen LogP contribution in [0.2, 0.25) is 0 Å². The van der Waals surface area contributed by atoms with Gasteiger partial charge < -0.3 is 15.5 Å². The van der Waals surface area contributed by atoms with Gasteiger partial charge in [-0.25, -0.2) is 9.78 Å². The fraction of sp³-hybridized carbons (Fsp3) is 0.269. The molecular formula is C26H24F3N8O2+. The highest BCUT2D eigenvalue weighted by molar-refractivity contribution is 6.04. The Morgan fingerprint density at radius 2 is 1.92 bits per heavy atom. The normalized spacial score (nSPS) is 15.8. The first kappa shape index (κ1) is 25.9. The zero-order valence-electron chi connectivity index (χ0n) is 20.6. The SMILES string of the molecule is N=[N+]=NCC(=O)NCc1ccc(NC(=O)N2c3nc(-c4cccc(C(F)(F)F)c4)ccc3N3CC[C@H]2C3)cc1. The molecule has 1 saturated heterocycles. The number of fused-ring (bicyclic) bond motifs is 4. The number of hydrogen-bond donors (Lipinski definition) is 3. The van der Waals surface area contributed by atoms with E-state index in [-0.39, 0.29) is 25.0 Å². The van der Waals surface area contributed by atoms with Crippen LogP contribution in [0.4, 0.5) is 35.2 Å². The maximum atomic E-state index is 13.5. The number of carbonyl (C=O) groups is 2. The van der Waals surface area contributed by atoms with Gasteiger partial charge >= 0.3 is 12.2 Å². The minimum absolute atomic E-state index is 0.128. The van der Waals surface area contributed by atoms with Crippen LogP contribution < -0.4 is 25.3 Å². The quantitative estimate of drug-likeness (QED) is 0.315. The fourth-order valence-corrected chi connectivity index (χ4v) is 4.73. The molecule has 0 unspecified atom stereocenters. The predicted octanol–water partition coefficient (Wildman–Crippen LogP) is 4.56. The Hall–Kier alpha value is -4.77. The molecular weight excluding hydrogens is 513 g/mol. The summed E-state index contributed by atoms with van der Waals surface area (Å²) in [5.74, 6) is 0.0371. The summed E-state index contributed by atoms with van der Waals surface area (Å²) in [4.78, 5) is 36.3. The molecule has 2 aromatic carbocycles. The van der Waals surface area contributed by atoms with Gasteiger partial charge in [0.2, 0.25) is 17.4 Å². The van der Waals surface area contributed by atoms with Gasteiger partial charge in [-0.15, -0.1) is 0 Å². The van der Waals surface area contributed by atoms with E-state index in [9.17, 15) is 22.8 Å². The Morgan fingerprint density at radius 1 is 1.13 bits per heavy atom. The van der Waals surface area contributed by atoms with Crippen LogP contribution in [0.3, 0.4) is 0 Å². The number of nitrogens with zero attached hydrogens (tertiary/aromatic N) is 5. The molecule has 3 aromatic rings. The highest BCUT2D eigenvalue weighted by atomic mass is 19.4. The summed E-state index contributed by atoms with van der Waals surface area (Å²) < 4.78 is 39.8. The molecule has 0 spiro atoms. The van der Waals surface area contributed by atoms with E-state index < -0.39 is 17.8 Å². The molecule has 0 radical (unpaired) electrons. The van der Waals surface area contributed by atoms with Gasteiger partial charge in [-0.3, -0.25) is 9.69 Å². The molecule has 1 atom stereocenters. The molecule has 0 saturated carbocycles. The van der Waals surface area contributed by atoms with Crippen LogP contribution >= 0.6 is 0 Å². The second-order valence-corrected chi connectivity index (χ2v) is 9.18. The van der Waals surface area contributed by atoms with E-state index in [2.05, 4.69) is 30.5 Å². The summed E-state index contributed by atoms with van der Waals surface area (Å²) in [5, 5.41) is 8.86. The lowest BCUT2D eigenvalue weighted by Crippen LogP contribution is -2.48. The van der Waals surface area contributed by atoms with Crippen LogP contribution in [-0.4, -0.2) is 42.6 Å². The Morgan fingerprint density at radius 3 is 2.67 bits per heavy atom. The molecule has 3 N–H and O–H groups in total. The summed E-state index contributed by atoms with van der Waals surface area (Å²) in [7, 11) is 0. The first-order chi connectivity index (χ1) is 18.7. The van der Waals surface area contributed by atoms with Crippen LogP contribution in [0.15, 0.2) is 65.8 Å². The smallest absolute Gasteiger partial charge is 0.366 e. The van der Waals surface area contributed by atoms with Crippen LogP contribution in [-0.2, 0) is 17.5 Å². The predicted molar refractivity (Wildman–Crippen MR) is 137 cm³/mol. The summed E-state index contributed by atoms with van der Waals surface area (Å²) in [6.07, 6.45) is -3.74. The van der Waals surface area contributed by atoms with Crippen molar-refractivity contribution < 1.29 is 22.8 Å². The summed E-state index contributed by atoms with van der Waals surface area (Å²) in [5.41, 5.74) is 8.57. The minimum Gasteiger partial charge on any atom is -0.366 e. The molecule has 5 rings (SSSR count). The molecule has 13 heteroatoms. The van der Waals surface area contributed by atoms with Crippen molar-refractivity contribution in [2.24, 2.45) is 5.11 Å². The van der Waals surface area contributed by atoms with E-state index in [0.29, 0.717) is 29.3 Å². The number of carbonyl (C=O) groups excluding carboxylic acids is 2. The number of pyridine rings is 1. The molecule has 1 fully saturated rings. The summed E-state index contributed by atoms with van der Waals surface area (Å²) in [6, 6.07) is 14.9. The monoisotopic (exact) mass is 537 g/mol. The van der Waals surface area contributed by atoms with E-state index in [4.69, 9.17) is 5.53 Å². The van der Waals surface area contributed by atoms with E-state index in [1.54, 1.807) is 47.4 Å².